The van der Waals surface area contributed by atoms with Crippen molar-refractivity contribution < 1.29 is 33.4 Å². The van der Waals surface area contributed by atoms with E-state index in [2.05, 4.69) is 4.98 Å². The molecule has 10 heteroatoms. The van der Waals surface area contributed by atoms with Gasteiger partial charge in [-0.25, -0.2) is 14.2 Å². The van der Waals surface area contributed by atoms with Crippen LogP contribution in [0.3, 0.4) is 0 Å². The number of esters is 1. The summed E-state index contributed by atoms with van der Waals surface area (Å²) < 4.78 is 23.5. The number of carbonyl (C=O) groups is 3. The van der Waals surface area contributed by atoms with Gasteiger partial charge in [-0.2, -0.15) is 0 Å². The van der Waals surface area contributed by atoms with Gasteiger partial charge in [0.05, 0.1) is 31.5 Å². The van der Waals surface area contributed by atoms with Crippen LogP contribution in [-0.2, 0) is 14.3 Å². The number of ketones is 1. The highest BCUT2D eigenvalue weighted by molar-refractivity contribution is 7.17. The number of aromatic nitrogens is 1. The first-order valence-electron chi connectivity index (χ1n) is 10.0. The van der Waals surface area contributed by atoms with E-state index in [4.69, 9.17) is 9.47 Å². The van der Waals surface area contributed by atoms with Crippen LogP contribution in [0.2, 0.25) is 0 Å². The smallest absolute Gasteiger partial charge is 0.350 e. The van der Waals surface area contributed by atoms with Crippen LogP contribution < -0.4 is 9.64 Å². The van der Waals surface area contributed by atoms with Crippen molar-refractivity contribution in [2.45, 2.75) is 13.0 Å². The number of aliphatic hydroxyl groups is 1. The Morgan fingerprint density at radius 2 is 1.74 bits per heavy atom. The topological polar surface area (TPSA) is 106 Å². The number of methoxy groups -OCH3 is 2. The van der Waals surface area contributed by atoms with Crippen LogP contribution >= 0.6 is 11.3 Å². The number of aryl methyl sites for hydroxylation is 1. The van der Waals surface area contributed by atoms with Crippen LogP contribution in [-0.4, -0.2) is 42.0 Å². The number of hydrogen-bond acceptors (Lipinski definition) is 8. The lowest BCUT2D eigenvalue weighted by molar-refractivity contribution is -0.132. The van der Waals surface area contributed by atoms with Crippen LogP contribution in [0.1, 0.15) is 32.5 Å². The zero-order chi connectivity index (χ0) is 24.6. The molecule has 3 aromatic rings. The van der Waals surface area contributed by atoms with E-state index in [9.17, 15) is 23.9 Å². The highest BCUT2D eigenvalue weighted by atomic mass is 32.1. The molecule has 2 heterocycles. The van der Waals surface area contributed by atoms with Gasteiger partial charge in [-0.05, 0) is 48.9 Å². The molecule has 1 aliphatic rings. The van der Waals surface area contributed by atoms with Crippen molar-refractivity contribution in [3.8, 4) is 5.75 Å². The Morgan fingerprint density at radius 3 is 2.32 bits per heavy atom. The molecule has 0 radical (unpaired) electrons. The highest BCUT2D eigenvalue weighted by Crippen LogP contribution is 2.44. The molecule has 2 aromatic carbocycles. The molecule has 1 amide bonds. The lowest BCUT2D eigenvalue weighted by Crippen LogP contribution is -2.29. The molecule has 1 N–H and O–H groups in total. The molecule has 1 fully saturated rings. The van der Waals surface area contributed by atoms with Gasteiger partial charge in [0.25, 0.3) is 5.78 Å². The summed E-state index contributed by atoms with van der Waals surface area (Å²) in [6, 6.07) is 10.4. The first-order valence-corrected chi connectivity index (χ1v) is 10.8. The summed E-state index contributed by atoms with van der Waals surface area (Å²) in [5, 5.41) is 11.2. The van der Waals surface area contributed by atoms with Gasteiger partial charge in [-0.3, -0.25) is 14.5 Å². The molecule has 1 aromatic heterocycles. The Hall–Kier alpha value is -4.05. The molecule has 0 bridgehead atoms. The lowest BCUT2D eigenvalue weighted by Gasteiger charge is -2.23. The second-order valence-electron chi connectivity index (χ2n) is 7.35. The van der Waals surface area contributed by atoms with E-state index in [1.165, 1.54) is 38.5 Å². The number of rotatable bonds is 5. The first kappa shape index (κ1) is 23.1. The van der Waals surface area contributed by atoms with Crippen LogP contribution in [0.25, 0.3) is 5.76 Å². The normalized spacial score (nSPS) is 17.2. The number of amides is 1. The average molecular weight is 482 g/mol. The monoisotopic (exact) mass is 482 g/mol. The highest BCUT2D eigenvalue weighted by Gasteiger charge is 2.48. The van der Waals surface area contributed by atoms with E-state index in [-0.39, 0.29) is 21.1 Å². The summed E-state index contributed by atoms with van der Waals surface area (Å²) in [6.07, 6.45) is 0. The van der Waals surface area contributed by atoms with Gasteiger partial charge in [-0.1, -0.05) is 23.5 Å². The number of thiazole rings is 1. The quantitative estimate of drug-likeness (QED) is 0.253. The summed E-state index contributed by atoms with van der Waals surface area (Å²) in [5.74, 6) is -2.87. The van der Waals surface area contributed by atoms with Gasteiger partial charge < -0.3 is 14.6 Å². The van der Waals surface area contributed by atoms with Crippen molar-refractivity contribution in [2.75, 3.05) is 19.1 Å². The summed E-state index contributed by atoms with van der Waals surface area (Å²) in [7, 11) is 2.72. The minimum Gasteiger partial charge on any atom is -0.507 e. The molecule has 0 saturated carbocycles. The number of aliphatic hydroxyl groups excluding tert-OH is 1. The largest absolute Gasteiger partial charge is 0.507 e. The van der Waals surface area contributed by atoms with E-state index in [1.54, 1.807) is 31.2 Å². The molecule has 0 spiro atoms. The molecule has 0 aliphatic carbocycles. The second kappa shape index (κ2) is 9.06. The zero-order valence-electron chi connectivity index (χ0n) is 18.4. The summed E-state index contributed by atoms with van der Waals surface area (Å²) in [4.78, 5) is 44.0. The minimum absolute atomic E-state index is 0.0723. The maximum Gasteiger partial charge on any atom is 0.350 e. The lowest BCUT2D eigenvalue weighted by atomic mass is 9.95. The fourth-order valence-corrected chi connectivity index (χ4v) is 4.67. The standard InChI is InChI=1S/C24H19FN2O6S/c1-12-21(23(31)33-3)34-24(26-12)27-18(13-4-8-15(25)9-5-13)17(20(29)22(27)30)19(28)14-6-10-16(32-2)11-7-14/h4-11,18,28H,1-3H3. The maximum atomic E-state index is 13.6. The summed E-state index contributed by atoms with van der Waals surface area (Å²) >= 11 is 0.884. The summed E-state index contributed by atoms with van der Waals surface area (Å²) in [5.41, 5.74) is 0.802. The Labute approximate surface area is 197 Å². The van der Waals surface area contributed by atoms with Crippen molar-refractivity contribution in [3.63, 3.8) is 0 Å². The molecule has 1 unspecified atom stereocenters. The van der Waals surface area contributed by atoms with Crippen molar-refractivity contribution in [2.24, 2.45) is 0 Å². The third-order valence-corrected chi connectivity index (χ3v) is 6.49. The Balaban J connectivity index is 1.91. The molecule has 8 nitrogen and oxygen atoms in total. The van der Waals surface area contributed by atoms with Crippen LogP contribution in [0.4, 0.5) is 9.52 Å². The molecular formula is C24H19FN2O6S. The SMILES string of the molecule is COC(=O)c1sc(N2C(=O)C(=O)C(=C(O)c3ccc(OC)cc3)C2c2ccc(F)cc2)nc1C. The van der Waals surface area contributed by atoms with Crippen LogP contribution in [0.15, 0.2) is 54.1 Å². The first-order chi connectivity index (χ1) is 16.3. The zero-order valence-corrected chi connectivity index (χ0v) is 19.2. The third-order valence-electron chi connectivity index (χ3n) is 5.36. The Morgan fingerprint density at radius 1 is 1.09 bits per heavy atom. The molecule has 1 aliphatic heterocycles. The molecular weight excluding hydrogens is 463 g/mol. The predicted molar refractivity (Wildman–Crippen MR) is 122 cm³/mol. The van der Waals surface area contributed by atoms with E-state index in [1.807, 2.05) is 0 Å². The minimum atomic E-state index is -1.10. The number of halogens is 1. The van der Waals surface area contributed by atoms with Crippen LogP contribution in [0.5, 0.6) is 5.75 Å². The van der Waals surface area contributed by atoms with Crippen molar-refractivity contribution >= 4 is 39.9 Å². The van der Waals surface area contributed by atoms with E-state index < -0.39 is 35.3 Å². The number of ether oxygens (including phenoxy) is 2. The van der Waals surface area contributed by atoms with Crippen molar-refractivity contribution in [1.82, 2.24) is 4.98 Å². The molecule has 1 saturated heterocycles. The number of anilines is 1. The van der Waals surface area contributed by atoms with E-state index in [0.717, 1.165) is 16.2 Å². The van der Waals surface area contributed by atoms with E-state index in [0.29, 0.717) is 17.0 Å². The molecule has 174 valence electrons. The number of carbonyl (C=O) groups excluding carboxylic acids is 3. The number of nitrogens with zero attached hydrogens (tertiary/aromatic N) is 2. The van der Waals surface area contributed by atoms with Gasteiger partial charge in [-0.15, -0.1) is 0 Å². The summed E-state index contributed by atoms with van der Waals surface area (Å²) in [6.45, 7) is 1.58. The molecule has 1 atom stereocenters. The van der Waals surface area contributed by atoms with Crippen molar-refractivity contribution in [1.29, 1.82) is 0 Å². The van der Waals surface area contributed by atoms with Gasteiger partial charge in [0.1, 0.15) is 22.2 Å². The van der Waals surface area contributed by atoms with Gasteiger partial charge in [0.15, 0.2) is 5.13 Å². The van der Waals surface area contributed by atoms with Gasteiger partial charge in [0.2, 0.25) is 0 Å². The van der Waals surface area contributed by atoms with Crippen molar-refractivity contribution in [3.05, 3.63) is 81.6 Å². The van der Waals surface area contributed by atoms with Gasteiger partial charge >= 0.3 is 11.9 Å². The number of hydrogen-bond donors (Lipinski definition) is 1. The number of Topliss-reactive ketones (excluding diaryl/α,β-unsaturated/α-hetero) is 1. The van der Waals surface area contributed by atoms with E-state index >= 15 is 0 Å². The number of benzene rings is 2. The fourth-order valence-electron chi connectivity index (χ4n) is 3.66. The Bertz CT molecular complexity index is 1310. The third kappa shape index (κ3) is 3.92. The maximum absolute atomic E-state index is 13.6. The Kier molecular flexibility index (Phi) is 6.16. The molecule has 34 heavy (non-hydrogen) atoms. The second-order valence-corrected chi connectivity index (χ2v) is 8.33. The van der Waals surface area contributed by atoms with Gasteiger partial charge in [0, 0.05) is 5.56 Å². The fraction of sp³-hybridized carbons (Fsp3) is 0.167. The molecule has 4 rings (SSSR count). The average Bonchev–Trinajstić information content (AvgIpc) is 3.35. The predicted octanol–water partition coefficient (Wildman–Crippen LogP) is 4.01. The van der Waals surface area contributed by atoms with Crippen LogP contribution in [0, 0.1) is 12.7 Å².